The molecule has 0 aliphatic rings. The lowest BCUT2D eigenvalue weighted by atomic mass is 10.3. The van der Waals surface area contributed by atoms with Crippen LogP contribution in [0.2, 0.25) is 0 Å². The maximum Gasteiger partial charge on any atom is 0.114 e. The molecule has 0 spiro atoms. The quantitative estimate of drug-likeness (QED) is 0.285. The number of rotatable bonds is 5. The van der Waals surface area contributed by atoms with Gasteiger partial charge in [0.2, 0.25) is 0 Å². The predicted octanol–water partition coefficient (Wildman–Crippen LogP) is 0.219. The van der Waals surface area contributed by atoms with Crippen LogP contribution < -0.4 is 10.9 Å². The van der Waals surface area contributed by atoms with Gasteiger partial charge in [0.15, 0.2) is 0 Å². The fourth-order valence-electron chi connectivity index (χ4n) is 0.485. The zero-order chi connectivity index (χ0) is 7.11. The van der Waals surface area contributed by atoms with Crippen LogP contribution in [0.4, 0.5) is 0 Å². The third-order valence-electron chi connectivity index (χ3n) is 0.966. The van der Waals surface area contributed by atoms with Crippen LogP contribution in [-0.2, 0) is 0 Å². The molecule has 3 N–H and O–H groups in total. The molecule has 9 heavy (non-hydrogen) atoms. The van der Waals surface area contributed by atoms with Gasteiger partial charge in [-0.05, 0) is 13.3 Å². The Morgan fingerprint density at radius 1 is 1.56 bits per heavy atom. The van der Waals surface area contributed by atoms with Crippen LogP contribution in [0, 0.1) is 0 Å². The highest BCUT2D eigenvalue weighted by Crippen LogP contribution is 1.80. The van der Waals surface area contributed by atoms with Crippen LogP contribution in [0.5, 0.6) is 0 Å². The van der Waals surface area contributed by atoms with Crippen LogP contribution in [0.25, 0.3) is 0 Å². The van der Waals surface area contributed by atoms with E-state index in [1.807, 2.05) is 0 Å². The zero-order valence-electron chi connectivity index (χ0n) is 6.15. The topological polar surface area (TPSA) is 44.3 Å². The van der Waals surface area contributed by atoms with Gasteiger partial charge in [0.1, 0.15) is 6.23 Å². The molecule has 0 rings (SSSR count). The molecule has 0 saturated heterocycles. The van der Waals surface area contributed by atoms with Crippen molar-refractivity contribution in [1.29, 1.82) is 0 Å². The molecule has 0 aromatic heterocycles. The van der Waals surface area contributed by atoms with Crippen molar-refractivity contribution in [3.8, 4) is 0 Å². The van der Waals surface area contributed by atoms with E-state index in [0.717, 1.165) is 13.0 Å². The summed E-state index contributed by atoms with van der Waals surface area (Å²) in [5, 5.41) is 8.68. The summed E-state index contributed by atoms with van der Waals surface area (Å²) in [4.78, 5) is 0. The summed E-state index contributed by atoms with van der Waals surface area (Å²) < 4.78 is 0. The molecule has 0 heterocycles. The summed E-state index contributed by atoms with van der Waals surface area (Å²) in [7, 11) is 0. The SMILES string of the molecule is CCCCNNC(C)O. The van der Waals surface area contributed by atoms with E-state index in [2.05, 4.69) is 17.8 Å². The normalized spacial score (nSPS) is 13.7. The number of hydrazine groups is 1. The Bertz CT molecular complexity index is 57.0. The molecular formula is C6H16N2O. The van der Waals surface area contributed by atoms with Crippen molar-refractivity contribution in [2.75, 3.05) is 6.54 Å². The van der Waals surface area contributed by atoms with E-state index < -0.39 is 6.23 Å². The largest absolute Gasteiger partial charge is 0.378 e. The van der Waals surface area contributed by atoms with Gasteiger partial charge in [-0.1, -0.05) is 13.3 Å². The summed E-state index contributed by atoms with van der Waals surface area (Å²) in [6.07, 6.45) is 1.86. The molecule has 3 nitrogen and oxygen atoms in total. The van der Waals surface area contributed by atoms with Crippen molar-refractivity contribution < 1.29 is 5.11 Å². The molecule has 0 aromatic rings. The first-order valence-corrected chi connectivity index (χ1v) is 3.43. The summed E-state index contributed by atoms with van der Waals surface area (Å²) >= 11 is 0. The second-order valence-corrected chi connectivity index (χ2v) is 2.10. The average molecular weight is 132 g/mol. The molecule has 56 valence electrons. The molecule has 0 saturated carbocycles. The monoisotopic (exact) mass is 132 g/mol. The molecule has 0 aliphatic carbocycles. The minimum Gasteiger partial charge on any atom is -0.378 e. The average Bonchev–Trinajstić information content (AvgIpc) is 1.80. The molecule has 0 amide bonds. The highest BCUT2D eigenvalue weighted by atomic mass is 16.3. The minimum atomic E-state index is -0.457. The zero-order valence-corrected chi connectivity index (χ0v) is 6.15. The lowest BCUT2D eigenvalue weighted by Gasteiger charge is -2.07. The van der Waals surface area contributed by atoms with Crippen LogP contribution >= 0.6 is 0 Å². The Balaban J connectivity index is 2.75. The first kappa shape index (κ1) is 8.88. The highest BCUT2D eigenvalue weighted by molar-refractivity contribution is 4.40. The Labute approximate surface area is 56.4 Å². The van der Waals surface area contributed by atoms with E-state index >= 15 is 0 Å². The third-order valence-corrected chi connectivity index (χ3v) is 0.966. The standard InChI is InChI=1S/C6H16N2O/c1-3-4-5-7-8-6(2)9/h6-9H,3-5H2,1-2H3. The van der Waals surface area contributed by atoms with Crippen molar-refractivity contribution in [3.05, 3.63) is 0 Å². The lowest BCUT2D eigenvalue weighted by molar-refractivity contribution is 0.137. The Hall–Kier alpha value is -0.120. The highest BCUT2D eigenvalue weighted by Gasteiger charge is 1.88. The van der Waals surface area contributed by atoms with Gasteiger partial charge in [-0.15, -0.1) is 0 Å². The molecule has 0 aromatic carbocycles. The third kappa shape index (κ3) is 7.88. The fourth-order valence-corrected chi connectivity index (χ4v) is 0.485. The summed E-state index contributed by atoms with van der Waals surface area (Å²) in [5.41, 5.74) is 5.57. The lowest BCUT2D eigenvalue weighted by Crippen LogP contribution is -2.39. The van der Waals surface area contributed by atoms with Crippen LogP contribution in [0.15, 0.2) is 0 Å². The minimum absolute atomic E-state index is 0.457. The van der Waals surface area contributed by atoms with Crippen LogP contribution in [0.1, 0.15) is 26.7 Å². The molecule has 0 fully saturated rings. The van der Waals surface area contributed by atoms with Gasteiger partial charge < -0.3 is 5.11 Å². The fraction of sp³-hybridized carbons (Fsp3) is 1.00. The van der Waals surface area contributed by atoms with Crippen molar-refractivity contribution in [1.82, 2.24) is 10.9 Å². The molecule has 1 atom stereocenters. The van der Waals surface area contributed by atoms with E-state index in [1.165, 1.54) is 6.42 Å². The van der Waals surface area contributed by atoms with Gasteiger partial charge >= 0.3 is 0 Å². The first-order chi connectivity index (χ1) is 4.27. The second kappa shape index (κ2) is 6.01. The number of unbranched alkanes of at least 4 members (excludes halogenated alkanes) is 1. The summed E-state index contributed by atoms with van der Waals surface area (Å²) in [5.74, 6) is 0. The van der Waals surface area contributed by atoms with E-state index in [-0.39, 0.29) is 0 Å². The number of aliphatic hydroxyl groups excluding tert-OH is 1. The Kier molecular flexibility index (Phi) is 5.93. The van der Waals surface area contributed by atoms with Crippen molar-refractivity contribution in [2.24, 2.45) is 0 Å². The number of nitrogens with one attached hydrogen (secondary N) is 2. The number of aliphatic hydroxyl groups is 1. The smallest absolute Gasteiger partial charge is 0.114 e. The maximum atomic E-state index is 8.68. The van der Waals surface area contributed by atoms with Crippen LogP contribution in [-0.4, -0.2) is 17.9 Å². The van der Waals surface area contributed by atoms with E-state index in [1.54, 1.807) is 6.92 Å². The molecular weight excluding hydrogens is 116 g/mol. The summed E-state index contributed by atoms with van der Waals surface area (Å²) in [6, 6.07) is 0. The van der Waals surface area contributed by atoms with Gasteiger partial charge in [-0.3, -0.25) is 5.43 Å². The molecule has 3 heteroatoms. The van der Waals surface area contributed by atoms with E-state index in [9.17, 15) is 0 Å². The Morgan fingerprint density at radius 2 is 2.22 bits per heavy atom. The van der Waals surface area contributed by atoms with Crippen molar-refractivity contribution in [3.63, 3.8) is 0 Å². The first-order valence-electron chi connectivity index (χ1n) is 3.43. The van der Waals surface area contributed by atoms with Crippen LogP contribution in [0.3, 0.4) is 0 Å². The Morgan fingerprint density at radius 3 is 2.67 bits per heavy atom. The van der Waals surface area contributed by atoms with Crippen molar-refractivity contribution in [2.45, 2.75) is 32.9 Å². The van der Waals surface area contributed by atoms with Gasteiger partial charge in [0, 0.05) is 6.54 Å². The van der Waals surface area contributed by atoms with Gasteiger partial charge in [0.05, 0.1) is 0 Å². The second-order valence-electron chi connectivity index (χ2n) is 2.10. The summed E-state index contributed by atoms with van der Waals surface area (Å²) in [6.45, 7) is 4.73. The molecule has 0 radical (unpaired) electrons. The maximum absolute atomic E-state index is 8.68. The van der Waals surface area contributed by atoms with Crippen molar-refractivity contribution >= 4 is 0 Å². The number of hydrogen-bond donors (Lipinski definition) is 3. The van der Waals surface area contributed by atoms with Gasteiger partial charge in [-0.25, -0.2) is 5.43 Å². The number of hydrogen-bond acceptors (Lipinski definition) is 3. The van der Waals surface area contributed by atoms with Gasteiger partial charge in [-0.2, -0.15) is 0 Å². The van der Waals surface area contributed by atoms with E-state index in [4.69, 9.17) is 5.11 Å². The predicted molar refractivity (Wildman–Crippen MR) is 37.7 cm³/mol. The van der Waals surface area contributed by atoms with E-state index in [0.29, 0.717) is 0 Å². The van der Waals surface area contributed by atoms with Gasteiger partial charge in [0.25, 0.3) is 0 Å². The molecule has 0 bridgehead atoms. The molecule has 0 aliphatic heterocycles. The molecule has 1 unspecified atom stereocenters.